The maximum Gasteiger partial charge on any atom is 0.303 e. The first-order valence-corrected chi connectivity index (χ1v) is 6.68. The first-order chi connectivity index (χ1) is 9.15. The van der Waals surface area contributed by atoms with Gasteiger partial charge >= 0.3 is 5.97 Å². The van der Waals surface area contributed by atoms with E-state index in [-0.39, 0.29) is 6.42 Å². The van der Waals surface area contributed by atoms with Crippen molar-refractivity contribution in [3.8, 4) is 0 Å². The fourth-order valence-electron chi connectivity index (χ4n) is 2.55. The van der Waals surface area contributed by atoms with Crippen molar-refractivity contribution in [3.05, 3.63) is 30.1 Å². The first-order valence-electron chi connectivity index (χ1n) is 6.68. The van der Waals surface area contributed by atoms with E-state index >= 15 is 0 Å². The van der Waals surface area contributed by atoms with E-state index < -0.39 is 5.97 Å². The summed E-state index contributed by atoms with van der Waals surface area (Å²) in [7, 11) is 2.09. The van der Waals surface area contributed by atoms with E-state index in [2.05, 4.69) is 27.9 Å². The van der Waals surface area contributed by atoms with Crippen molar-refractivity contribution in [2.24, 2.45) is 0 Å². The summed E-state index contributed by atoms with van der Waals surface area (Å²) in [6, 6.07) is 4.33. The number of nitrogens with zero attached hydrogens (tertiary/aromatic N) is 3. The molecule has 0 amide bonds. The number of hydrogen-bond donors (Lipinski definition) is 1. The Morgan fingerprint density at radius 2 is 2.37 bits per heavy atom. The van der Waals surface area contributed by atoms with Crippen LogP contribution in [0.3, 0.4) is 0 Å². The van der Waals surface area contributed by atoms with E-state index in [4.69, 9.17) is 5.11 Å². The van der Waals surface area contributed by atoms with Crippen molar-refractivity contribution >= 4 is 5.97 Å². The second kappa shape index (κ2) is 6.63. The summed E-state index contributed by atoms with van der Waals surface area (Å²) in [5, 5.41) is 8.84. The van der Waals surface area contributed by atoms with Gasteiger partial charge < -0.3 is 10.0 Å². The number of aliphatic carboxylic acids is 1. The van der Waals surface area contributed by atoms with Crippen LogP contribution in [0.4, 0.5) is 0 Å². The normalized spacial score (nSPS) is 21.4. The average Bonchev–Trinajstić information content (AvgIpc) is 2.40. The Balaban J connectivity index is 1.97. The molecule has 2 rings (SSSR count). The fourth-order valence-corrected chi connectivity index (χ4v) is 2.55. The number of carboxylic acids is 1. The van der Waals surface area contributed by atoms with Crippen LogP contribution in [0.15, 0.2) is 24.5 Å². The molecule has 0 aromatic carbocycles. The molecule has 5 heteroatoms. The van der Waals surface area contributed by atoms with E-state index in [0.717, 1.165) is 26.2 Å². The monoisotopic (exact) mass is 263 g/mol. The predicted octanol–water partition coefficient (Wildman–Crippen LogP) is 1.06. The molecule has 0 radical (unpaired) electrons. The van der Waals surface area contributed by atoms with Crippen LogP contribution in [0, 0.1) is 0 Å². The maximum atomic E-state index is 10.7. The summed E-state index contributed by atoms with van der Waals surface area (Å²) in [6.45, 7) is 3.80. The molecule has 1 aliphatic heterocycles. The van der Waals surface area contributed by atoms with Crippen LogP contribution in [-0.2, 0) is 11.3 Å². The Labute approximate surface area is 113 Å². The molecule has 1 unspecified atom stereocenters. The lowest BCUT2D eigenvalue weighted by Crippen LogP contribution is -2.51. The van der Waals surface area contributed by atoms with Crippen LogP contribution < -0.4 is 0 Å². The highest BCUT2D eigenvalue weighted by molar-refractivity contribution is 5.66. The number of hydrogen-bond acceptors (Lipinski definition) is 4. The molecule has 0 spiro atoms. The molecular weight excluding hydrogens is 242 g/mol. The molecule has 104 valence electrons. The zero-order valence-corrected chi connectivity index (χ0v) is 11.3. The van der Waals surface area contributed by atoms with E-state index in [9.17, 15) is 4.79 Å². The molecule has 2 heterocycles. The number of piperazine rings is 1. The Kier molecular flexibility index (Phi) is 4.87. The van der Waals surface area contributed by atoms with Gasteiger partial charge in [0, 0.05) is 51.0 Å². The van der Waals surface area contributed by atoms with Crippen LogP contribution in [0.5, 0.6) is 0 Å². The minimum absolute atomic E-state index is 0.238. The van der Waals surface area contributed by atoms with Gasteiger partial charge in [0.2, 0.25) is 0 Å². The van der Waals surface area contributed by atoms with E-state index in [1.807, 2.05) is 12.3 Å². The van der Waals surface area contributed by atoms with Gasteiger partial charge in [-0.1, -0.05) is 6.07 Å². The molecule has 1 saturated heterocycles. The lowest BCUT2D eigenvalue weighted by molar-refractivity contribution is -0.137. The summed E-state index contributed by atoms with van der Waals surface area (Å²) >= 11 is 0. The number of likely N-dealkylation sites (N-methyl/N-ethyl adjacent to an activating group) is 1. The van der Waals surface area contributed by atoms with Gasteiger partial charge in [-0.3, -0.25) is 14.7 Å². The van der Waals surface area contributed by atoms with Gasteiger partial charge in [0.1, 0.15) is 0 Å². The molecule has 1 atom stereocenters. The summed E-state index contributed by atoms with van der Waals surface area (Å²) in [6.07, 6.45) is 4.60. The largest absolute Gasteiger partial charge is 0.481 e. The van der Waals surface area contributed by atoms with Gasteiger partial charge in [0.05, 0.1) is 0 Å². The second-order valence-electron chi connectivity index (χ2n) is 5.18. The van der Waals surface area contributed by atoms with Crippen molar-refractivity contribution in [1.29, 1.82) is 0 Å². The second-order valence-corrected chi connectivity index (χ2v) is 5.18. The molecule has 1 fully saturated rings. The van der Waals surface area contributed by atoms with Crippen LogP contribution in [0.2, 0.25) is 0 Å². The predicted molar refractivity (Wildman–Crippen MR) is 72.8 cm³/mol. The Morgan fingerprint density at radius 1 is 1.53 bits per heavy atom. The molecule has 1 aliphatic rings. The highest BCUT2D eigenvalue weighted by atomic mass is 16.4. The minimum Gasteiger partial charge on any atom is -0.481 e. The van der Waals surface area contributed by atoms with Gasteiger partial charge in [-0.2, -0.15) is 0 Å². The Hall–Kier alpha value is -1.46. The highest BCUT2D eigenvalue weighted by Gasteiger charge is 2.25. The smallest absolute Gasteiger partial charge is 0.303 e. The molecule has 0 bridgehead atoms. The topological polar surface area (TPSA) is 56.7 Å². The van der Waals surface area contributed by atoms with E-state index in [1.165, 1.54) is 5.56 Å². The van der Waals surface area contributed by atoms with Crippen molar-refractivity contribution in [2.75, 3.05) is 26.7 Å². The molecule has 1 aromatic heterocycles. The standard InChI is InChI=1S/C14H21N3O2/c1-16-7-8-17(10-12-3-2-6-15-9-12)13(11-16)4-5-14(18)19/h2-3,6,9,13H,4-5,7-8,10-11H2,1H3,(H,18,19). The Bertz CT molecular complexity index is 410. The maximum absolute atomic E-state index is 10.7. The SMILES string of the molecule is CN1CCN(Cc2cccnc2)C(CCC(=O)O)C1. The molecule has 1 aromatic rings. The minimum atomic E-state index is -0.713. The molecule has 5 nitrogen and oxygen atoms in total. The van der Waals surface area contributed by atoms with Crippen molar-refractivity contribution in [1.82, 2.24) is 14.8 Å². The third kappa shape index (κ3) is 4.29. The van der Waals surface area contributed by atoms with Gasteiger partial charge in [-0.25, -0.2) is 0 Å². The molecule has 0 aliphatic carbocycles. The molecule has 0 saturated carbocycles. The van der Waals surface area contributed by atoms with Crippen molar-refractivity contribution in [3.63, 3.8) is 0 Å². The number of pyridine rings is 1. The fraction of sp³-hybridized carbons (Fsp3) is 0.571. The van der Waals surface area contributed by atoms with E-state index in [1.54, 1.807) is 6.20 Å². The molecule has 19 heavy (non-hydrogen) atoms. The van der Waals surface area contributed by atoms with Crippen molar-refractivity contribution in [2.45, 2.75) is 25.4 Å². The number of carboxylic acid groups (broad SMARTS) is 1. The quantitative estimate of drug-likeness (QED) is 0.861. The lowest BCUT2D eigenvalue weighted by Gasteiger charge is -2.40. The molecular formula is C14H21N3O2. The van der Waals surface area contributed by atoms with Crippen LogP contribution in [-0.4, -0.2) is 58.6 Å². The zero-order valence-electron chi connectivity index (χ0n) is 11.3. The zero-order chi connectivity index (χ0) is 13.7. The summed E-state index contributed by atoms with van der Waals surface area (Å²) in [5.41, 5.74) is 1.19. The lowest BCUT2D eigenvalue weighted by atomic mass is 10.1. The first kappa shape index (κ1) is 14.0. The van der Waals surface area contributed by atoms with Crippen LogP contribution >= 0.6 is 0 Å². The van der Waals surface area contributed by atoms with Gasteiger partial charge in [-0.05, 0) is 25.1 Å². The third-order valence-corrected chi connectivity index (χ3v) is 3.61. The van der Waals surface area contributed by atoms with Crippen LogP contribution in [0.25, 0.3) is 0 Å². The van der Waals surface area contributed by atoms with Crippen LogP contribution in [0.1, 0.15) is 18.4 Å². The summed E-state index contributed by atoms with van der Waals surface area (Å²) in [5.74, 6) is -0.713. The molecule has 1 N–H and O–H groups in total. The van der Waals surface area contributed by atoms with Gasteiger partial charge in [0.25, 0.3) is 0 Å². The van der Waals surface area contributed by atoms with Crippen molar-refractivity contribution < 1.29 is 9.90 Å². The van der Waals surface area contributed by atoms with E-state index in [0.29, 0.717) is 12.5 Å². The summed E-state index contributed by atoms with van der Waals surface area (Å²) in [4.78, 5) is 19.5. The number of aromatic nitrogens is 1. The van der Waals surface area contributed by atoms with Gasteiger partial charge in [-0.15, -0.1) is 0 Å². The van der Waals surface area contributed by atoms with Gasteiger partial charge in [0.15, 0.2) is 0 Å². The number of rotatable bonds is 5. The highest BCUT2D eigenvalue weighted by Crippen LogP contribution is 2.16. The summed E-state index contributed by atoms with van der Waals surface area (Å²) < 4.78 is 0. The third-order valence-electron chi connectivity index (χ3n) is 3.61. The number of carbonyl (C=O) groups is 1. The Morgan fingerprint density at radius 3 is 3.05 bits per heavy atom. The average molecular weight is 263 g/mol.